The van der Waals surface area contributed by atoms with Crippen LogP contribution in [0.5, 0.6) is 0 Å². The van der Waals surface area contributed by atoms with E-state index in [1.54, 1.807) is 24.3 Å². The number of hydrogen-bond donors (Lipinski definition) is 2. The van der Waals surface area contributed by atoms with Gasteiger partial charge in [-0.2, -0.15) is 0 Å². The second kappa shape index (κ2) is 4.20. The monoisotopic (exact) mass is 232 g/mol. The number of carbonyl (C=O) groups is 2. The molecule has 1 aliphatic heterocycles. The molecule has 4 heteroatoms. The van der Waals surface area contributed by atoms with Crippen molar-refractivity contribution in [3.05, 3.63) is 29.8 Å². The number of carbonyl (C=O) groups excluding carboxylic acids is 2. The zero-order valence-corrected chi connectivity index (χ0v) is 10.0. The van der Waals surface area contributed by atoms with E-state index in [0.29, 0.717) is 24.1 Å². The molecule has 0 aliphatic carbocycles. The minimum absolute atomic E-state index is 0.138. The molecule has 0 saturated heterocycles. The Balaban J connectivity index is 2.48. The smallest absolute Gasteiger partial charge is 0.254 e. The molecule has 1 aromatic rings. The highest BCUT2D eigenvalue weighted by Crippen LogP contribution is 2.25. The van der Waals surface area contributed by atoms with Crippen molar-refractivity contribution in [1.82, 2.24) is 5.32 Å². The van der Waals surface area contributed by atoms with Gasteiger partial charge in [0.2, 0.25) is 5.91 Å². The van der Waals surface area contributed by atoms with Crippen LogP contribution in [0.25, 0.3) is 0 Å². The summed E-state index contributed by atoms with van der Waals surface area (Å²) in [4.78, 5) is 24.3. The maximum absolute atomic E-state index is 12.2. The SMILES string of the molecule is CCC1(CC)NC(=O)c2ccccc2NC1=O. The van der Waals surface area contributed by atoms with Gasteiger partial charge >= 0.3 is 0 Å². The zero-order chi connectivity index (χ0) is 12.5. The maximum atomic E-state index is 12.2. The van der Waals surface area contributed by atoms with Crippen LogP contribution in [0.4, 0.5) is 5.69 Å². The highest BCUT2D eigenvalue weighted by molar-refractivity contribution is 6.11. The highest BCUT2D eigenvalue weighted by Gasteiger charge is 2.39. The third kappa shape index (κ3) is 1.79. The minimum atomic E-state index is -0.796. The van der Waals surface area contributed by atoms with Crippen molar-refractivity contribution in [3.63, 3.8) is 0 Å². The summed E-state index contributed by atoms with van der Waals surface area (Å²) in [5.41, 5.74) is 0.305. The van der Waals surface area contributed by atoms with Gasteiger partial charge in [0, 0.05) is 0 Å². The molecule has 0 unspecified atom stereocenters. The molecule has 1 heterocycles. The Labute approximate surface area is 100 Å². The first-order valence-electron chi connectivity index (χ1n) is 5.86. The molecular weight excluding hydrogens is 216 g/mol. The number of rotatable bonds is 2. The third-order valence-corrected chi connectivity index (χ3v) is 3.41. The molecule has 1 aliphatic rings. The lowest BCUT2D eigenvalue weighted by atomic mass is 9.92. The molecule has 2 rings (SSSR count). The predicted octanol–water partition coefficient (Wildman–Crippen LogP) is 1.93. The number of benzene rings is 1. The van der Waals surface area contributed by atoms with Crippen molar-refractivity contribution in [2.45, 2.75) is 32.2 Å². The number of nitrogens with one attached hydrogen (secondary N) is 2. The van der Waals surface area contributed by atoms with Gasteiger partial charge < -0.3 is 10.6 Å². The second-order valence-corrected chi connectivity index (χ2v) is 4.24. The summed E-state index contributed by atoms with van der Waals surface area (Å²) in [6.07, 6.45) is 1.16. The minimum Gasteiger partial charge on any atom is -0.338 e. The van der Waals surface area contributed by atoms with E-state index < -0.39 is 5.54 Å². The summed E-state index contributed by atoms with van der Waals surface area (Å²) < 4.78 is 0. The number of amides is 2. The fraction of sp³-hybridized carbons (Fsp3) is 0.385. The second-order valence-electron chi connectivity index (χ2n) is 4.24. The van der Waals surface area contributed by atoms with Gasteiger partial charge in [0.05, 0.1) is 11.3 Å². The van der Waals surface area contributed by atoms with E-state index in [4.69, 9.17) is 0 Å². The van der Waals surface area contributed by atoms with Gasteiger partial charge in [-0.3, -0.25) is 9.59 Å². The Morgan fingerprint density at radius 1 is 1.12 bits per heavy atom. The third-order valence-electron chi connectivity index (χ3n) is 3.41. The van der Waals surface area contributed by atoms with Crippen LogP contribution < -0.4 is 10.6 Å². The lowest BCUT2D eigenvalue weighted by Gasteiger charge is -2.28. The van der Waals surface area contributed by atoms with Gasteiger partial charge in [-0.1, -0.05) is 26.0 Å². The average Bonchev–Trinajstić information content (AvgIpc) is 2.46. The number of fused-ring (bicyclic) bond motifs is 1. The molecule has 0 bridgehead atoms. The lowest BCUT2D eigenvalue weighted by Crippen LogP contribution is -2.54. The predicted molar refractivity (Wildman–Crippen MR) is 65.9 cm³/mol. The highest BCUT2D eigenvalue weighted by atomic mass is 16.2. The van der Waals surface area contributed by atoms with Crippen LogP contribution in [0.3, 0.4) is 0 Å². The fourth-order valence-electron chi connectivity index (χ4n) is 2.12. The molecule has 4 nitrogen and oxygen atoms in total. The summed E-state index contributed by atoms with van der Waals surface area (Å²) in [6.45, 7) is 3.80. The first-order valence-corrected chi connectivity index (χ1v) is 5.86. The number of para-hydroxylation sites is 1. The van der Waals surface area contributed by atoms with E-state index in [1.807, 2.05) is 13.8 Å². The molecule has 0 atom stereocenters. The molecule has 2 amide bonds. The molecule has 1 aromatic carbocycles. The molecule has 0 aromatic heterocycles. The summed E-state index contributed by atoms with van der Waals surface area (Å²) >= 11 is 0. The van der Waals surface area contributed by atoms with Crippen molar-refractivity contribution < 1.29 is 9.59 Å². The summed E-state index contributed by atoms with van der Waals surface area (Å²) in [5.74, 6) is -0.330. The summed E-state index contributed by atoms with van der Waals surface area (Å²) in [7, 11) is 0. The first kappa shape index (κ1) is 11.6. The molecule has 0 radical (unpaired) electrons. The normalized spacial score (nSPS) is 17.8. The average molecular weight is 232 g/mol. The molecule has 0 saturated carbocycles. The lowest BCUT2D eigenvalue weighted by molar-refractivity contribution is -0.122. The van der Waals surface area contributed by atoms with E-state index in [9.17, 15) is 9.59 Å². The van der Waals surface area contributed by atoms with Crippen LogP contribution in [-0.2, 0) is 4.79 Å². The van der Waals surface area contributed by atoms with Gasteiger partial charge in [0.25, 0.3) is 5.91 Å². The van der Waals surface area contributed by atoms with Gasteiger partial charge in [-0.05, 0) is 25.0 Å². The van der Waals surface area contributed by atoms with Crippen LogP contribution in [0.2, 0.25) is 0 Å². The Kier molecular flexibility index (Phi) is 2.88. The Hall–Kier alpha value is -1.84. The van der Waals surface area contributed by atoms with Crippen LogP contribution >= 0.6 is 0 Å². The van der Waals surface area contributed by atoms with Crippen molar-refractivity contribution in [2.24, 2.45) is 0 Å². The molecular formula is C13H16N2O2. The van der Waals surface area contributed by atoms with Gasteiger partial charge in [0.1, 0.15) is 5.54 Å². The quantitative estimate of drug-likeness (QED) is 0.818. The molecule has 17 heavy (non-hydrogen) atoms. The fourth-order valence-corrected chi connectivity index (χ4v) is 2.12. The maximum Gasteiger partial charge on any atom is 0.254 e. The topological polar surface area (TPSA) is 58.2 Å². The van der Waals surface area contributed by atoms with Crippen LogP contribution in [0.1, 0.15) is 37.0 Å². The Morgan fingerprint density at radius 3 is 2.41 bits per heavy atom. The first-order chi connectivity index (χ1) is 8.13. The van der Waals surface area contributed by atoms with E-state index in [1.165, 1.54) is 0 Å². The van der Waals surface area contributed by atoms with E-state index >= 15 is 0 Å². The molecule has 0 spiro atoms. The molecule has 90 valence electrons. The van der Waals surface area contributed by atoms with Crippen molar-refractivity contribution in [1.29, 1.82) is 0 Å². The van der Waals surface area contributed by atoms with Crippen LogP contribution in [-0.4, -0.2) is 17.4 Å². The summed E-state index contributed by atoms with van der Waals surface area (Å²) in [5, 5.41) is 5.67. The number of hydrogen-bond acceptors (Lipinski definition) is 2. The van der Waals surface area contributed by atoms with Crippen LogP contribution in [0, 0.1) is 0 Å². The van der Waals surface area contributed by atoms with Crippen LogP contribution in [0.15, 0.2) is 24.3 Å². The Morgan fingerprint density at radius 2 is 1.76 bits per heavy atom. The summed E-state index contributed by atoms with van der Waals surface area (Å²) in [6, 6.07) is 7.05. The standard InChI is InChI=1S/C13H16N2O2/c1-3-13(4-2)12(17)14-10-8-6-5-7-9(10)11(16)15-13/h5-8H,3-4H2,1-2H3,(H,14,17)(H,15,16). The van der Waals surface area contributed by atoms with E-state index in [-0.39, 0.29) is 11.8 Å². The van der Waals surface area contributed by atoms with Crippen molar-refractivity contribution in [3.8, 4) is 0 Å². The van der Waals surface area contributed by atoms with E-state index in [2.05, 4.69) is 10.6 Å². The van der Waals surface area contributed by atoms with Gasteiger partial charge in [0.15, 0.2) is 0 Å². The molecule has 2 N–H and O–H groups in total. The Bertz CT molecular complexity index is 464. The molecule has 0 fully saturated rings. The van der Waals surface area contributed by atoms with E-state index in [0.717, 1.165) is 0 Å². The number of anilines is 1. The largest absolute Gasteiger partial charge is 0.338 e. The van der Waals surface area contributed by atoms with Gasteiger partial charge in [-0.15, -0.1) is 0 Å². The van der Waals surface area contributed by atoms with Crippen molar-refractivity contribution >= 4 is 17.5 Å². The zero-order valence-electron chi connectivity index (χ0n) is 10.0. The van der Waals surface area contributed by atoms with Gasteiger partial charge in [-0.25, -0.2) is 0 Å². The van der Waals surface area contributed by atoms with Crippen molar-refractivity contribution in [2.75, 3.05) is 5.32 Å².